The number of rotatable bonds is 11. The SMILES string of the molecule is CCCC[C@]1(CC)CS(O)(O)c2cc(C(=O)NCCS(=O)(=O)OC(=O)C(F)(F)F)c(OC)cc2[C@@H](c2ccccc2)N1. The van der Waals surface area contributed by atoms with Crippen molar-refractivity contribution in [1.29, 1.82) is 0 Å². The second kappa shape index (κ2) is 13.2. The molecule has 2 aromatic rings. The molecule has 1 aliphatic heterocycles. The summed E-state index contributed by atoms with van der Waals surface area (Å²) in [6.07, 6.45) is -2.50. The van der Waals surface area contributed by atoms with Gasteiger partial charge in [0.15, 0.2) is 0 Å². The summed E-state index contributed by atoms with van der Waals surface area (Å²) in [7, 11) is -7.13. The van der Waals surface area contributed by atoms with Gasteiger partial charge in [-0.25, -0.2) is 4.79 Å². The van der Waals surface area contributed by atoms with Gasteiger partial charge >= 0.3 is 22.3 Å². The highest BCUT2D eigenvalue weighted by atomic mass is 32.3. The Morgan fingerprint density at radius 1 is 1.17 bits per heavy atom. The maximum atomic E-state index is 13.1. The zero-order chi connectivity index (χ0) is 31.3. The first-order valence-electron chi connectivity index (χ1n) is 13.2. The number of halogens is 3. The molecule has 0 bridgehead atoms. The van der Waals surface area contributed by atoms with E-state index in [9.17, 15) is 40.3 Å². The average molecular weight is 637 g/mol. The first-order chi connectivity index (χ1) is 19.6. The van der Waals surface area contributed by atoms with Gasteiger partial charge in [-0.1, -0.05) is 57.0 Å². The predicted octanol–water partition coefficient (Wildman–Crippen LogP) is 5.00. The highest BCUT2D eigenvalue weighted by Gasteiger charge is 2.44. The largest absolute Gasteiger partial charge is 0.496 e. The lowest BCUT2D eigenvalue weighted by atomic mass is 9.88. The van der Waals surface area contributed by atoms with Crippen LogP contribution in [0.2, 0.25) is 0 Å². The normalized spacial score (nSPS) is 21.0. The molecule has 1 amide bonds. The molecular formula is C27H35F3N2O8S2. The Morgan fingerprint density at radius 3 is 2.40 bits per heavy atom. The summed E-state index contributed by atoms with van der Waals surface area (Å²) in [6.45, 7) is 3.31. The Kier molecular flexibility index (Phi) is 10.6. The highest BCUT2D eigenvalue weighted by Crippen LogP contribution is 2.58. The molecular weight excluding hydrogens is 601 g/mol. The van der Waals surface area contributed by atoms with Gasteiger partial charge in [-0.15, -0.1) is 0 Å². The number of hydrogen-bond donors (Lipinski definition) is 4. The van der Waals surface area contributed by atoms with Crippen molar-refractivity contribution >= 4 is 32.6 Å². The van der Waals surface area contributed by atoms with Crippen LogP contribution in [-0.2, 0) is 19.1 Å². The van der Waals surface area contributed by atoms with E-state index in [-0.39, 0.29) is 22.0 Å². The highest BCUT2D eigenvalue weighted by molar-refractivity contribution is 8.24. The van der Waals surface area contributed by atoms with E-state index in [2.05, 4.69) is 14.8 Å². The van der Waals surface area contributed by atoms with E-state index in [1.807, 2.05) is 44.2 Å². The fourth-order valence-electron chi connectivity index (χ4n) is 4.86. The summed E-state index contributed by atoms with van der Waals surface area (Å²) < 4.78 is 92.7. The second-order valence-corrected chi connectivity index (χ2v) is 13.8. The quantitative estimate of drug-likeness (QED) is 0.250. The van der Waals surface area contributed by atoms with Gasteiger partial charge in [-0.3, -0.25) is 19.2 Å². The molecule has 0 saturated heterocycles. The number of nitrogens with one attached hydrogen (secondary N) is 2. The van der Waals surface area contributed by atoms with Crippen molar-refractivity contribution < 1.29 is 49.2 Å². The van der Waals surface area contributed by atoms with Gasteiger partial charge in [-0.2, -0.15) is 32.2 Å². The van der Waals surface area contributed by atoms with Crippen LogP contribution in [0, 0.1) is 0 Å². The number of carbonyl (C=O) groups is 2. The van der Waals surface area contributed by atoms with Gasteiger partial charge in [0, 0.05) is 17.6 Å². The summed E-state index contributed by atoms with van der Waals surface area (Å²) in [5.41, 5.74) is 0.545. The van der Waals surface area contributed by atoms with Crippen LogP contribution in [0.3, 0.4) is 0 Å². The number of amides is 1. The lowest BCUT2D eigenvalue weighted by molar-refractivity contribution is -0.189. The van der Waals surface area contributed by atoms with Crippen LogP contribution in [0.15, 0.2) is 47.4 Å². The lowest BCUT2D eigenvalue weighted by Gasteiger charge is -2.42. The van der Waals surface area contributed by atoms with Crippen LogP contribution >= 0.6 is 10.6 Å². The molecule has 234 valence electrons. The van der Waals surface area contributed by atoms with Gasteiger partial charge in [0.1, 0.15) is 11.5 Å². The number of hydrogen-bond acceptors (Lipinski definition) is 9. The minimum absolute atomic E-state index is 0.0109. The molecule has 0 radical (unpaired) electrons. The molecule has 15 heteroatoms. The molecule has 0 unspecified atom stereocenters. The average Bonchev–Trinajstić information content (AvgIpc) is 3.02. The van der Waals surface area contributed by atoms with Crippen molar-refractivity contribution in [2.45, 2.75) is 62.2 Å². The summed E-state index contributed by atoms with van der Waals surface area (Å²) in [4.78, 5) is 24.1. The van der Waals surface area contributed by atoms with Crippen molar-refractivity contribution in [2.24, 2.45) is 0 Å². The van der Waals surface area contributed by atoms with Crippen LogP contribution in [0.1, 0.15) is 67.1 Å². The van der Waals surface area contributed by atoms with Crippen molar-refractivity contribution in [3.05, 3.63) is 59.2 Å². The third-order valence-electron chi connectivity index (χ3n) is 7.06. The number of alkyl halides is 3. The fraction of sp³-hybridized carbons (Fsp3) is 0.481. The van der Waals surface area contributed by atoms with Crippen LogP contribution in [0.5, 0.6) is 5.75 Å². The van der Waals surface area contributed by atoms with E-state index in [0.29, 0.717) is 18.4 Å². The predicted molar refractivity (Wildman–Crippen MR) is 151 cm³/mol. The maximum Gasteiger partial charge on any atom is 0.492 e. The molecule has 0 fully saturated rings. The Bertz CT molecular complexity index is 1390. The summed E-state index contributed by atoms with van der Waals surface area (Å²) >= 11 is 0. The Hall–Kier alpha value is -2.85. The first-order valence-corrected chi connectivity index (χ1v) is 16.5. The van der Waals surface area contributed by atoms with Gasteiger partial charge in [-0.05, 0) is 30.5 Å². The van der Waals surface area contributed by atoms with Crippen LogP contribution in [-0.4, -0.2) is 66.3 Å². The molecule has 10 nitrogen and oxygen atoms in total. The Morgan fingerprint density at radius 2 is 1.83 bits per heavy atom. The molecule has 1 heterocycles. The minimum Gasteiger partial charge on any atom is -0.496 e. The number of ether oxygens (including phenoxy) is 1. The number of fused-ring (bicyclic) bond motifs is 1. The number of methoxy groups -OCH3 is 1. The van der Waals surface area contributed by atoms with Crippen molar-refractivity contribution in [3.8, 4) is 5.75 Å². The zero-order valence-corrected chi connectivity index (χ0v) is 25.0. The number of carbonyl (C=O) groups excluding carboxylic acids is 2. The number of benzene rings is 2. The van der Waals surface area contributed by atoms with Gasteiger partial charge < -0.3 is 14.2 Å². The van der Waals surface area contributed by atoms with E-state index in [4.69, 9.17) is 4.74 Å². The van der Waals surface area contributed by atoms with Gasteiger partial charge in [0.2, 0.25) is 0 Å². The van der Waals surface area contributed by atoms with Crippen LogP contribution in [0.4, 0.5) is 13.2 Å². The summed E-state index contributed by atoms with van der Waals surface area (Å²) in [5, 5.41) is 5.93. The molecule has 42 heavy (non-hydrogen) atoms. The third-order valence-corrected chi connectivity index (χ3v) is 10.2. The van der Waals surface area contributed by atoms with E-state index >= 15 is 0 Å². The molecule has 2 atom stereocenters. The zero-order valence-electron chi connectivity index (χ0n) is 23.4. The molecule has 0 saturated carbocycles. The molecule has 2 aromatic carbocycles. The molecule has 3 rings (SSSR count). The molecule has 4 N–H and O–H groups in total. The van der Waals surface area contributed by atoms with E-state index in [0.717, 1.165) is 18.4 Å². The minimum atomic E-state index is -5.51. The van der Waals surface area contributed by atoms with Crippen LogP contribution in [0.25, 0.3) is 0 Å². The monoisotopic (exact) mass is 636 g/mol. The standard InChI is InChI=1S/C27H35F3N2O8S2/c1-4-6-12-26(5-2)17-41(35,36)22-16-19(24(33)31-13-14-42(37,38)40-25(34)27(28,29)30)21(39-3)15-20(22)23(32-26)18-10-8-7-9-11-18/h7-11,15-16,23,32,35-36H,4-6,12-14,17H2,1-3H3,(H,31,33)/t23-,26-/m1/s1. The summed E-state index contributed by atoms with van der Waals surface area (Å²) in [6, 6.07) is 11.7. The molecule has 0 spiro atoms. The van der Waals surface area contributed by atoms with E-state index < -0.39 is 62.6 Å². The van der Waals surface area contributed by atoms with Gasteiger partial charge in [0.05, 0.1) is 29.4 Å². The van der Waals surface area contributed by atoms with E-state index in [1.165, 1.54) is 19.2 Å². The topological polar surface area (TPSA) is 151 Å². The van der Waals surface area contributed by atoms with Crippen LogP contribution < -0.4 is 15.4 Å². The second-order valence-electron chi connectivity index (χ2n) is 10.0. The fourth-order valence-corrected chi connectivity index (χ4v) is 7.84. The lowest BCUT2D eigenvalue weighted by Crippen LogP contribution is -2.49. The molecule has 0 aliphatic carbocycles. The Balaban J connectivity index is 1.99. The molecule has 0 aromatic heterocycles. The van der Waals surface area contributed by atoms with Crippen molar-refractivity contribution in [3.63, 3.8) is 0 Å². The third kappa shape index (κ3) is 7.95. The summed E-state index contributed by atoms with van der Waals surface area (Å²) in [5.74, 6) is -4.87. The molecule has 1 aliphatic rings. The maximum absolute atomic E-state index is 13.1. The Labute approximate surface area is 244 Å². The van der Waals surface area contributed by atoms with Gasteiger partial charge in [0.25, 0.3) is 5.91 Å². The van der Waals surface area contributed by atoms with Crippen molar-refractivity contribution in [2.75, 3.05) is 25.2 Å². The smallest absolute Gasteiger partial charge is 0.492 e. The first kappa shape index (κ1) is 33.6. The van der Waals surface area contributed by atoms with E-state index in [1.54, 1.807) is 0 Å². The number of unbranched alkanes of at least 4 members (excludes halogenated alkanes) is 1. The van der Waals surface area contributed by atoms with Crippen molar-refractivity contribution in [1.82, 2.24) is 10.6 Å².